The molecule has 2 aliphatic rings. The molecule has 1 heterocycles. The van der Waals surface area contributed by atoms with Crippen LogP contribution in [0.25, 0.3) is 0 Å². The molecule has 0 saturated heterocycles. The predicted octanol–water partition coefficient (Wildman–Crippen LogP) is 2.33. The number of phenols is 1. The van der Waals surface area contributed by atoms with Gasteiger partial charge in [0.05, 0.1) is 0 Å². The Morgan fingerprint density at radius 3 is 2.76 bits per heavy atom. The van der Waals surface area contributed by atoms with E-state index in [1.165, 1.54) is 12.8 Å². The van der Waals surface area contributed by atoms with Crippen molar-refractivity contribution in [3.8, 4) is 5.75 Å². The highest BCUT2D eigenvalue weighted by atomic mass is 16.3. The summed E-state index contributed by atoms with van der Waals surface area (Å²) < 4.78 is 0. The van der Waals surface area contributed by atoms with Gasteiger partial charge in [-0.15, -0.1) is 0 Å². The van der Waals surface area contributed by atoms with E-state index in [4.69, 9.17) is 0 Å². The van der Waals surface area contributed by atoms with Crippen LogP contribution in [0.15, 0.2) is 18.2 Å². The van der Waals surface area contributed by atoms with Gasteiger partial charge in [0, 0.05) is 18.2 Å². The zero-order chi connectivity index (χ0) is 11.8. The van der Waals surface area contributed by atoms with Gasteiger partial charge in [-0.3, -0.25) is 4.79 Å². The Kier molecular flexibility index (Phi) is 2.54. The summed E-state index contributed by atoms with van der Waals surface area (Å²) in [7, 11) is 0. The van der Waals surface area contributed by atoms with Gasteiger partial charge in [0.2, 0.25) is 0 Å². The quantitative estimate of drug-likeness (QED) is 0.806. The van der Waals surface area contributed by atoms with Crippen LogP contribution < -0.4 is 0 Å². The van der Waals surface area contributed by atoms with Gasteiger partial charge < -0.3 is 10.0 Å². The van der Waals surface area contributed by atoms with Gasteiger partial charge in [-0.05, 0) is 37.0 Å². The SMILES string of the molecule is O=C1c2cc(O)ccc2CCN1C1CCCC1. The molecule has 17 heavy (non-hydrogen) atoms. The number of carbonyl (C=O) groups excluding carboxylic acids is 1. The van der Waals surface area contributed by atoms with E-state index in [9.17, 15) is 9.90 Å². The molecule has 3 rings (SSSR count). The molecular formula is C14H17NO2. The summed E-state index contributed by atoms with van der Waals surface area (Å²) >= 11 is 0. The molecule has 0 unspecified atom stereocenters. The van der Waals surface area contributed by atoms with Crippen molar-refractivity contribution in [3.05, 3.63) is 29.3 Å². The molecule has 0 atom stereocenters. The standard InChI is InChI=1S/C14H17NO2/c16-12-6-5-10-7-8-15(11-3-1-2-4-11)14(17)13(10)9-12/h5-6,9,11,16H,1-4,7-8H2. The van der Waals surface area contributed by atoms with Gasteiger partial charge >= 0.3 is 0 Å². The summed E-state index contributed by atoms with van der Waals surface area (Å²) in [6.45, 7) is 0.835. The molecule has 1 aliphatic heterocycles. The number of carbonyl (C=O) groups is 1. The first-order valence-electron chi connectivity index (χ1n) is 6.38. The lowest BCUT2D eigenvalue weighted by Gasteiger charge is -2.33. The van der Waals surface area contributed by atoms with Crippen LogP contribution in [0.2, 0.25) is 0 Å². The molecule has 0 spiro atoms. The Labute approximate surface area is 101 Å². The molecule has 1 aromatic rings. The summed E-state index contributed by atoms with van der Waals surface area (Å²) in [6, 6.07) is 5.57. The number of phenolic OH excluding ortho intramolecular Hbond substituents is 1. The fraction of sp³-hybridized carbons (Fsp3) is 0.500. The zero-order valence-electron chi connectivity index (χ0n) is 9.85. The maximum Gasteiger partial charge on any atom is 0.254 e. The molecule has 1 saturated carbocycles. The Bertz CT molecular complexity index is 450. The molecule has 1 aromatic carbocycles. The smallest absolute Gasteiger partial charge is 0.254 e. The molecule has 0 aromatic heterocycles. The van der Waals surface area contributed by atoms with E-state index in [0.717, 1.165) is 31.4 Å². The first-order valence-corrected chi connectivity index (χ1v) is 6.38. The third-order valence-electron chi connectivity index (χ3n) is 3.97. The van der Waals surface area contributed by atoms with E-state index in [2.05, 4.69) is 0 Å². The second-order valence-electron chi connectivity index (χ2n) is 5.03. The van der Waals surface area contributed by atoms with Crippen LogP contribution in [-0.2, 0) is 6.42 Å². The molecule has 0 radical (unpaired) electrons. The number of fused-ring (bicyclic) bond motifs is 1. The van der Waals surface area contributed by atoms with Crippen LogP contribution >= 0.6 is 0 Å². The van der Waals surface area contributed by atoms with Crippen molar-refractivity contribution in [3.63, 3.8) is 0 Å². The van der Waals surface area contributed by atoms with Crippen molar-refractivity contribution in [2.45, 2.75) is 38.1 Å². The Hall–Kier alpha value is -1.51. The molecule has 3 nitrogen and oxygen atoms in total. The van der Waals surface area contributed by atoms with Gasteiger partial charge in [0.1, 0.15) is 5.75 Å². The highest BCUT2D eigenvalue weighted by Crippen LogP contribution is 2.29. The summed E-state index contributed by atoms with van der Waals surface area (Å²) in [5.41, 5.74) is 1.77. The lowest BCUT2D eigenvalue weighted by molar-refractivity contribution is 0.0663. The fourth-order valence-corrected chi connectivity index (χ4v) is 3.04. The number of amides is 1. The van der Waals surface area contributed by atoms with Crippen molar-refractivity contribution in [2.75, 3.05) is 6.54 Å². The van der Waals surface area contributed by atoms with Crippen molar-refractivity contribution < 1.29 is 9.90 Å². The number of aromatic hydroxyl groups is 1. The van der Waals surface area contributed by atoms with Crippen molar-refractivity contribution in [1.29, 1.82) is 0 Å². The van der Waals surface area contributed by atoms with Gasteiger partial charge in [-0.2, -0.15) is 0 Å². The van der Waals surface area contributed by atoms with E-state index in [1.54, 1.807) is 12.1 Å². The van der Waals surface area contributed by atoms with Crippen molar-refractivity contribution >= 4 is 5.91 Å². The molecule has 1 amide bonds. The average Bonchev–Trinajstić information content (AvgIpc) is 2.84. The topological polar surface area (TPSA) is 40.5 Å². The highest BCUT2D eigenvalue weighted by Gasteiger charge is 2.31. The Balaban J connectivity index is 1.91. The van der Waals surface area contributed by atoms with Crippen LogP contribution in [0, 0.1) is 0 Å². The minimum absolute atomic E-state index is 0.106. The molecule has 1 aliphatic carbocycles. The molecular weight excluding hydrogens is 214 g/mol. The second-order valence-corrected chi connectivity index (χ2v) is 5.03. The van der Waals surface area contributed by atoms with Crippen LogP contribution in [0.3, 0.4) is 0 Å². The molecule has 1 fully saturated rings. The van der Waals surface area contributed by atoms with E-state index >= 15 is 0 Å². The lowest BCUT2D eigenvalue weighted by atomic mass is 9.97. The van der Waals surface area contributed by atoms with Gasteiger partial charge in [0.25, 0.3) is 5.91 Å². The molecule has 3 heteroatoms. The molecule has 1 N–H and O–H groups in total. The first-order chi connectivity index (χ1) is 8.25. The maximum absolute atomic E-state index is 12.4. The Morgan fingerprint density at radius 1 is 1.24 bits per heavy atom. The Morgan fingerprint density at radius 2 is 2.00 bits per heavy atom. The minimum atomic E-state index is 0.106. The fourth-order valence-electron chi connectivity index (χ4n) is 3.04. The number of hydrogen-bond acceptors (Lipinski definition) is 2. The predicted molar refractivity (Wildman–Crippen MR) is 65.1 cm³/mol. The monoisotopic (exact) mass is 231 g/mol. The van der Waals surface area contributed by atoms with Crippen LogP contribution in [0.1, 0.15) is 41.6 Å². The average molecular weight is 231 g/mol. The second kappa shape index (κ2) is 4.06. The van der Waals surface area contributed by atoms with E-state index in [1.807, 2.05) is 11.0 Å². The van der Waals surface area contributed by atoms with E-state index < -0.39 is 0 Å². The minimum Gasteiger partial charge on any atom is -0.508 e. The third-order valence-corrected chi connectivity index (χ3v) is 3.97. The van der Waals surface area contributed by atoms with Crippen molar-refractivity contribution in [1.82, 2.24) is 4.90 Å². The first kappa shape index (κ1) is 10.6. The van der Waals surface area contributed by atoms with Gasteiger partial charge in [-0.1, -0.05) is 18.9 Å². The summed E-state index contributed by atoms with van der Waals surface area (Å²) in [4.78, 5) is 14.4. The van der Waals surface area contributed by atoms with Gasteiger partial charge in [-0.25, -0.2) is 0 Å². The van der Waals surface area contributed by atoms with E-state index in [-0.39, 0.29) is 11.7 Å². The summed E-state index contributed by atoms with van der Waals surface area (Å²) in [5.74, 6) is 0.291. The number of hydrogen-bond donors (Lipinski definition) is 1. The highest BCUT2D eigenvalue weighted by molar-refractivity contribution is 5.97. The lowest BCUT2D eigenvalue weighted by Crippen LogP contribution is -2.43. The molecule has 0 bridgehead atoms. The zero-order valence-corrected chi connectivity index (χ0v) is 9.85. The number of rotatable bonds is 1. The maximum atomic E-state index is 12.4. The van der Waals surface area contributed by atoms with Crippen LogP contribution in [0.4, 0.5) is 0 Å². The number of benzene rings is 1. The van der Waals surface area contributed by atoms with Gasteiger partial charge in [0.15, 0.2) is 0 Å². The van der Waals surface area contributed by atoms with Crippen LogP contribution in [0.5, 0.6) is 5.75 Å². The normalized spacial score (nSPS) is 20.7. The molecule has 90 valence electrons. The summed E-state index contributed by atoms with van der Waals surface area (Å²) in [6.07, 6.45) is 5.67. The summed E-state index contributed by atoms with van der Waals surface area (Å²) in [5, 5.41) is 9.49. The largest absolute Gasteiger partial charge is 0.508 e. The van der Waals surface area contributed by atoms with Crippen LogP contribution in [-0.4, -0.2) is 28.5 Å². The van der Waals surface area contributed by atoms with Crippen molar-refractivity contribution in [2.24, 2.45) is 0 Å². The third kappa shape index (κ3) is 1.79. The number of nitrogens with zero attached hydrogens (tertiary/aromatic N) is 1. The van der Waals surface area contributed by atoms with E-state index in [0.29, 0.717) is 11.6 Å².